The minimum Gasteiger partial charge on any atom is -0.480 e. The zero-order valence-corrected chi connectivity index (χ0v) is 10.4. The zero-order chi connectivity index (χ0) is 13.1. The number of likely N-dealkylation sites (tertiary alicyclic amines) is 1. The maximum Gasteiger partial charge on any atom is 0.327 e. The number of carboxylic acids is 1. The first kappa shape index (κ1) is 12.6. The molecule has 0 aliphatic carbocycles. The molecule has 1 aliphatic rings. The summed E-state index contributed by atoms with van der Waals surface area (Å²) in [7, 11) is 0. The number of nitrogens with zero attached hydrogens (tertiary/aromatic N) is 1. The highest BCUT2D eigenvalue weighted by molar-refractivity contribution is 5.83. The van der Waals surface area contributed by atoms with Crippen LogP contribution in [0, 0.1) is 0 Å². The number of hydrogen-bond acceptors (Lipinski definition) is 2. The standard InChI is InChI=1S/C14H17NO3/c1-10(16)15-9-5-8-12(13(15)14(17)18)11-6-3-2-4-7-11/h2-4,6-7,12-13H,5,8-9H2,1H3,(H,17,18). The maximum absolute atomic E-state index is 11.6. The Morgan fingerprint density at radius 1 is 1.28 bits per heavy atom. The van der Waals surface area contributed by atoms with Gasteiger partial charge in [-0.25, -0.2) is 4.79 Å². The van der Waals surface area contributed by atoms with Gasteiger partial charge < -0.3 is 10.0 Å². The molecule has 4 heteroatoms. The molecule has 2 rings (SSSR count). The lowest BCUT2D eigenvalue weighted by atomic mass is 9.83. The molecule has 1 aliphatic heterocycles. The first-order valence-corrected chi connectivity index (χ1v) is 6.16. The van der Waals surface area contributed by atoms with Crippen LogP contribution >= 0.6 is 0 Å². The van der Waals surface area contributed by atoms with E-state index >= 15 is 0 Å². The molecule has 2 unspecified atom stereocenters. The van der Waals surface area contributed by atoms with Crippen LogP contribution in [0.5, 0.6) is 0 Å². The van der Waals surface area contributed by atoms with Crippen LogP contribution in [-0.2, 0) is 9.59 Å². The van der Waals surface area contributed by atoms with Crippen molar-refractivity contribution in [2.45, 2.75) is 31.7 Å². The van der Waals surface area contributed by atoms with Crippen molar-refractivity contribution in [2.24, 2.45) is 0 Å². The molecule has 4 nitrogen and oxygen atoms in total. The topological polar surface area (TPSA) is 57.6 Å². The monoisotopic (exact) mass is 247 g/mol. The minimum atomic E-state index is -0.918. The fraction of sp³-hybridized carbons (Fsp3) is 0.429. The molecular weight excluding hydrogens is 230 g/mol. The smallest absolute Gasteiger partial charge is 0.327 e. The average Bonchev–Trinajstić information content (AvgIpc) is 2.38. The van der Waals surface area contributed by atoms with E-state index in [2.05, 4.69) is 0 Å². The average molecular weight is 247 g/mol. The highest BCUT2D eigenvalue weighted by atomic mass is 16.4. The molecule has 0 aromatic heterocycles. The van der Waals surface area contributed by atoms with Crippen molar-refractivity contribution in [1.29, 1.82) is 0 Å². The first-order chi connectivity index (χ1) is 8.61. The normalized spacial score (nSPS) is 23.7. The molecule has 0 radical (unpaired) electrons. The number of hydrogen-bond donors (Lipinski definition) is 1. The summed E-state index contributed by atoms with van der Waals surface area (Å²) in [5.41, 5.74) is 0.996. The molecule has 1 fully saturated rings. The molecule has 2 atom stereocenters. The largest absolute Gasteiger partial charge is 0.480 e. The highest BCUT2D eigenvalue weighted by Gasteiger charge is 2.38. The molecular formula is C14H17NO3. The number of aliphatic carboxylic acids is 1. The highest BCUT2D eigenvalue weighted by Crippen LogP contribution is 2.32. The quantitative estimate of drug-likeness (QED) is 0.868. The number of carbonyl (C=O) groups excluding carboxylic acids is 1. The third-order valence-corrected chi connectivity index (χ3v) is 3.52. The first-order valence-electron chi connectivity index (χ1n) is 6.16. The fourth-order valence-electron chi connectivity index (χ4n) is 2.70. The Kier molecular flexibility index (Phi) is 3.65. The summed E-state index contributed by atoms with van der Waals surface area (Å²) in [6.07, 6.45) is 1.66. The Balaban J connectivity index is 2.33. The molecule has 1 heterocycles. The van der Waals surface area contributed by atoms with Gasteiger partial charge in [0, 0.05) is 19.4 Å². The third-order valence-electron chi connectivity index (χ3n) is 3.52. The Morgan fingerprint density at radius 2 is 1.94 bits per heavy atom. The van der Waals surface area contributed by atoms with Crippen LogP contribution in [0.4, 0.5) is 0 Å². The Hall–Kier alpha value is -1.84. The molecule has 0 saturated carbocycles. The second-order valence-corrected chi connectivity index (χ2v) is 4.65. The van der Waals surface area contributed by atoms with Crippen LogP contribution in [0.25, 0.3) is 0 Å². The van der Waals surface area contributed by atoms with Crippen molar-refractivity contribution >= 4 is 11.9 Å². The van der Waals surface area contributed by atoms with Gasteiger partial charge in [-0.05, 0) is 18.4 Å². The van der Waals surface area contributed by atoms with E-state index in [0.717, 1.165) is 18.4 Å². The third kappa shape index (κ3) is 2.37. The summed E-state index contributed by atoms with van der Waals surface area (Å²) in [5, 5.41) is 9.40. The Labute approximate surface area is 106 Å². The summed E-state index contributed by atoms with van der Waals surface area (Å²) in [6, 6.07) is 8.85. The lowest BCUT2D eigenvalue weighted by Crippen LogP contribution is -2.50. The van der Waals surface area contributed by atoms with E-state index in [1.165, 1.54) is 11.8 Å². The number of amides is 1. The Bertz CT molecular complexity index is 444. The zero-order valence-electron chi connectivity index (χ0n) is 10.4. The number of rotatable bonds is 2. The molecule has 1 saturated heterocycles. The number of carbonyl (C=O) groups is 2. The lowest BCUT2D eigenvalue weighted by Gasteiger charge is -2.38. The molecule has 96 valence electrons. The van der Waals surface area contributed by atoms with Gasteiger partial charge in [-0.2, -0.15) is 0 Å². The van der Waals surface area contributed by atoms with Crippen LogP contribution < -0.4 is 0 Å². The van der Waals surface area contributed by atoms with Gasteiger partial charge in [0.25, 0.3) is 0 Å². The summed E-state index contributed by atoms with van der Waals surface area (Å²) in [6.45, 7) is 1.97. The maximum atomic E-state index is 11.6. The van der Waals surface area contributed by atoms with Gasteiger partial charge in [0.1, 0.15) is 6.04 Å². The minimum absolute atomic E-state index is 0.110. The lowest BCUT2D eigenvalue weighted by molar-refractivity contribution is -0.152. The van der Waals surface area contributed by atoms with Crippen LogP contribution in [0.3, 0.4) is 0 Å². The van der Waals surface area contributed by atoms with Gasteiger partial charge in [-0.3, -0.25) is 4.79 Å². The molecule has 18 heavy (non-hydrogen) atoms. The van der Waals surface area contributed by atoms with Gasteiger partial charge in [-0.15, -0.1) is 0 Å². The van der Waals surface area contributed by atoms with Crippen LogP contribution in [0.2, 0.25) is 0 Å². The van der Waals surface area contributed by atoms with Gasteiger partial charge in [-0.1, -0.05) is 30.3 Å². The number of benzene rings is 1. The molecule has 0 spiro atoms. The predicted octanol–water partition coefficient (Wildman–Crippen LogP) is 1.87. The Morgan fingerprint density at radius 3 is 2.50 bits per heavy atom. The van der Waals surface area contributed by atoms with E-state index in [4.69, 9.17) is 0 Å². The molecule has 1 aromatic carbocycles. The fourth-order valence-corrected chi connectivity index (χ4v) is 2.70. The van der Waals surface area contributed by atoms with Crippen molar-refractivity contribution in [3.63, 3.8) is 0 Å². The van der Waals surface area contributed by atoms with E-state index in [1.807, 2.05) is 30.3 Å². The van der Waals surface area contributed by atoms with E-state index in [9.17, 15) is 14.7 Å². The second kappa shape index (κ2) is 5.21. The summed E-state index contributed by atoms with van der Waals surface area (Å²) in [5.74, 6) is -1.19. The molecule has 0 bridgehead atoms. The van der Waals surface area contributed by atoms with Gasteiger partial charge >= 0.3 is 5.97 Å². The van der Waals surface area contributed by atoms with E-state index in [0.29, 0.717) is 6.54 Å². The predicted molar refractivity (Wildman–Crippen MR) is 67.2 cm³/mol. The van der Waals surface area contributed by atoms with Crippen molar-refractivity contribution in [3.05, 3.63) is 35.9 Å². The summed E-state index contributed by atoms with van der Waals surface area (Å²) in [4.78, 5) is 24.5. The van der Waals surface area contributed by atoms with Gasteiger partial charge in [0.05, 0.1) is 0 Å². The van der Waals surface area contributed by atoms with Crippen molar-refractivity contribution < 1.29 is 14.7 Å². The number of carboxylic acid groups (broad SMARTS) is 1. The van der Waals surface area contributed by atoms with Gasteiger partial charge in [0.15, 0.2) is 0 Å². The van der Waals surface area contributed by atoms with Crippen LogP contribution in [0.15, 0.2) is 30.3 Å². The summed E-state index contributed by atoms with van der Waals surface area (Å²) >= 11 is 0. The molecule has 1 amide bonds. The molecule has 1 aromatic rings. The SMILES string of the molecule is CC(=O)N1CCCC(c2ccccc2)C1C(=O)O. The van der Waals surface area contributed by atoms with Crippen LogP contribution in [0.1, 0.15) is 31.2 Å². The van der Waals surface area contributed by atoms with Crippen molar-refractivity contribution in [1.82, 2.24) is 4.90 Å². The van der Waals surface area contributed by atoms with Crippen molar-refractivity contribution in [3.8, 4) is 0 Å². The van der Waals surface area contributed by atoms with Crippen molar-refractivity contribution in [2.75, 3.05) is 6.54 Å². The van der Waals surface area contributed by atoms with E-state index in [1.54, 1.807) is 0 Å². The van der Waals surface area contributed by atoms with Gasteiger partial charge in [0.2, 0.25) is 5.91 Å². The second-order valence-electron chi connectivity index (χ2n) is 4.65. The summed E-state index contributed by atoms with van der Waals surface area (Å²) < 4.78 is 0. The number of piperidine rings is 1. The van der Waals surface area contributed by atoms with E-state index < -0.39 is 12.0 Å². The van der Waals surface area contributed by atoms with E-state index in [-0.39, 0.29) is 11.8 Å². The molecule has 1 N–H and O–H groups in total. The van der Waals surface area contributed by atoms with Crippen LogP contribution in [-0.4, -0.2) is 34.5 Å².